The van der Waals surface area contributed by atoms with E-state index in [1.54, 1.807) is 22.9 Å². The third-order valence-electron chi connectivity index (χ3n) is 6.72. The van der Waals surface area contributed by atoms with Gasteiger partial charge in [-0.1, -0.05) is 29.3 Å². The number of aryl methyl sites for hydroxylation is 3. The number of aliphatic carboxylic acids is 1. The maximum atomic E-state index is 12.9. The van der Waals surface area contributed by atoms with E-state index in [1.165, 1.54) is 5.56 Å². The summed E-state index contributed by atoms with van der Waals surface area (Å²) < 4.78 is 7.75. The summed E-state index contributed by atoms with van der Waals surface area (Å²) in [6, 6.07) is 8.99. The minimum atomic E-state index is -1.06. The van der Waals surface area contributed by atoms with E-state index in [1.807, 2.05) is 26.8 Å². The number of primary amides is 1. The van der Waals surface area contributed by atoms with E-state index in [4.69, 9.17) is 43.8 Å². The number of amides is 1. The molecule has 40 heavy (non-hydrogen) atoms. The summed E-state index contributed by atoms with van der Waals surface area (Å²) in [6.07, 6.45) is 3.16. The summed E-state index contributed by atoms with van der Waals surface area (Å²) >= 11 is 12.5. The fraction of sp³-hybridized carbons (Fsp3) is 0.448. The fourth-order valence-corrected chi connectivity index (χ4v) is 5.43. The molecule has 1 aliphatic heterocycles. The van der Waals surface area contributed by atoms with Crippen LogP contribution in [0.1, 0.15) is 84.5 Å². The van der Waals surface area contributed by atoms with Gasteiger partial charge in [-0.2, -0.15) is 5.10 Å². The zero-order valence-corrected chi connectivity index (χ0v) is 24.5. The minimum Gasteiger partial charge on any atom is -0.481 e. The molecule has 2 aromatic heterocycles. The zero-order valence-electron chi connectivity index (χ0n) is 23.0. The number of fused-ring (bicyclic) bond motifs is 1. The van der Waals surface area contributed by atoms with Crippen LogP contribution in [0.3, 0.4) is 0 Å². The molecule has 1 aliphatic rings. The molecule has 0 spiro atoms. The van der Waals surface area contributed by atoms with Crippen molar-refractivity contribution in [2.24, 2.45) is 5.73 Å². The highest BCUT2D eigenvalue weighted by Crippen LogP contribution is 2.35. The van der Waals surface area contributed by atoms with Gasteiger partial charge in [-0.05, 0) is 81.8 Å². The van der Waals surface area contributed by atoms with E-state index in [0.717, 1.165) is 30.9 Å². The maximum absolute atomic E-state index is 12.9. The van der Waals surface area contributed by atoms with Crippen LogP contribution in [0, 0.1) is 0 Å². The summed E-state index contributed by atoms with van der Waals surface area (Å²) in [5.74, 6) is -1.64. The molecule has 9 nitrogen and oxygen atoms in total. The zero-order chi connectivity index (χ0) is 29.0. The van der Waals surface area contributed by atoms with E-state index in [2.05, 4.69) is 11.4 Å². The molecular weight excluding hydrogens is 553 g/mol. The molecule has 1 unspecified atom stereocenters. The van der Waals surface area contributed by atoms with E-state index < -0.39 is 23.4 Å². The number of rotatable bonds is 11. The molecule has 214 valence electrons. The lowest BCUT2D eigenvalue weighted by Gasteiger charge is -2.20. The molecule has 0 radical (unpaired) electrons. The average Bonchev–Trinajstić information content (AvgIpc) is 3.23. The number of halogens is 2. The fourth-order valence-electron chi connectivity index (χ4n) is 4.89. The Kier molecular flexibility index (Phi) is 9.38. The molecule has 0 fully saturated rings. The van der Waals surface area contributed by atoms with Crippen LogP contribution in [0.2, 0.25) is 10.0 Å². The van der Waals surface area contributed by atoms with Gasteiger partial charge in [-0.15, -0.1) is 0 Å². The van der Waals surface area contributed by atoms with E-state index >= 15 is 0 Å². The number of hydrogen-bond donors (Lipinski definition) is 3. The molecular formula is C29H35Cl2N5O4. The molecule has 0 aliphatic carbocycles. The third kappa shape index (κ3) is 7.53. The molecule has 3 aromatic rings. The highest BCUT2D eigenvalue weighted by Gasteiger charge is 2.31. The number of carbonyl (C=O) groups excluding carboxylic acids is 1. The summed E-state index contributed by atoms with van der Waals surface area (Å²) in [7, 11) is 0. The van der Waals surface area contributed by atoms with Crippen LogP contribution in [0.5, 0.6) is 0 Å². The highest BCUT2D eigenvalue weighted by molar-refractivity contribution is 6.34. The monoisotopic (exact) mass is 587 g/mol. The maximum Gasteiger partial charge on any atom is 0.304 e. The number of nitrogens with two attached hydrogens (primary N) is 1. The van der Waals surface area contributed by atoms with Gasteiger partial charge in [-0.25, -0.2) is 4.98 Å². The van der Waals surface area contributed by atoms with Crippen LogP contribution < -0.4 is 11.1 Å². The number of pyridine rings is 1. The molecule has 1 atom stereocenters. The van der Waals surface area contributed by atoms with Gasteiger partial charge in [0.2, 0.25) is 0 Å². The molecule has 4 N–H and O–H groups in total. The Balaban J connectivity index is 1.70. The van der Waals surface area contributed by atoms with Crippen molar-refractivity contribution in [1.82, 2.24) is 14.8 Å². The summed E-state index contributed by atoms with van der Waals surface area (Å²) in [5.41, 5.74) is 9.03. The summed E-state index contributed by atoms with van der Waals surface area (Å²) in [4.78, 5) is 29.6. The number of ether oxygens (including phenoxy) is 1. The van der Waals surface area contributed by atoms with Gasteiger partial charge >= 0.3 is 5.97 Å². The Labute approximate surface area is 244 Å². The number of benzene rings is 1. The lowest BCUT2D eigenvalue weighted by Crippen LogP contribution is -2.23. The number of carbonyl (C=O) groups is 2. The van der Waals surface area contributed by atoms with Gasteiger partial charge in [-0.3, -0.25) is 14.3 Å². The van der Waals surface area contributed by atoms with Gasteiger partial charge in [0.25, 0.3) is 5.91 Å². The third-order valence-corrected chi connectivity index (χ3v) is 7.16. The van der Waals surface area contributed by atoms with Crippen LogP contribution in [-0.4, -0.2) is 43.9 Å². The smallest absolute Gasteiger partial charge is 0.304 e. The largest absolute Gasteiger partial charge is 0.481 e. The Bertz CT molecular complexity index is 1380. The van der Waals surface area contributed by atoms with Gasteiger partial charge in [0.1, 0.15) is 5.82 Å². The predicted molar refractivity (Wildman–Crippen MR) is 155 cm³/mol. The van der Waals surface area contributed by atoms with Crippen LogP contribution in [0.25, 0.3) is 0 Å². The molecule has 11 heteroatoms. The number of carboxylic acid groups (broad SMARTS) is 1. The van der Waals surface area contributed by atoms with Crippen molar-refractivity contribution in [2.75, 3.05) is 11.9 Å². The normalized spacial score (nSPS) is 13.9. The van der Waals surface area contributed by atoms with E-state index in [9.17, 15) is 14.7 Å². The number of anilines is 1. The van der Waals surface area contributed by atoms with Crippen LogP contribution in [-0.2, 0) is 35.5 Å². The quantitative estimate of drug-likeness (QED) is 0.266. The molecule has 0 saturated heterocycles. The van der Waals surface area contributed by atoms with Crippen molar-refractivity contribution in [3.05, 3.63) is 74.1 Å². The SMILES string of the molecule is CC(C)(C)OCc1c(C(N)=O)c(C(CC(=O)O)c2cc(Cl)cc(Cl)c2)nn1CCCc1ccc2c(n1)NCCC2. The number of nitrogens with one attached hydrogen (secondary N) is 1. The first-order valence-corrected chi connectivity index (χ1v) is 14.1. The second-order valence-electron chi connectivity index (χ2n) is 11.0. The van der Waals surface area contributed by atoms with Crippen molar-refractivity contribution in [3.8, 4) is 0 Å². The van der Waals surface area contributed by atoms with Crippen LogP contribution in [0.15, 0.2) is 30.3 Å². The molecule has 3 heterocycles. The van der Waals surface area contributed by atoms with Gasteiger partial charge in [0.05, 0.1) is 35.6 Å². The first kappa shape index (κ1) is 29.8. The second kappa shape index (κ2) is 12.6. The van der Waals surface area contributed by atoms with Crippen molar-refractivity contribution in [2.45, 2.75) is 77.5 Å². The standard InChI is InChI=1S/C29H35Cl2N5O4/c1-29(2,3)40-16-23-25(27(32)39)26(22(15-24(37)38)18-12-19(30)14-20(31)13-18)35-36(23)11-5-7-21-9-8-17-6-4-10-33-28(17)34-21/h8-9,12-14,22H,4-7,10-11,15-16H2,1-3H3,(H2,32,39)(H,33,34)(H,37,38). The Hall–Kier alpha value is -3.14. The van der Waals surface area contributed by atoms with Crippen LogP contribution >= 0.6 is 23.2 Å². The lowest BCUT2D eigenvalue weighted by molar-refractivity contribution is -0.137. The van der Waals surface area contributed by atoms with E-state index in [-0.39, 0.29) is 24.3 Å². The number of hydrogen-bond acceptors (Lipinski definition) is 6. The first-order chi connectivity index (χ1) is 18.9. The predicted octanol–water partition coefficient (Wildman–Crippen LogP) is 5.60. The summed E-state index contributed by atoms with van der Waals surface area (Å²) in [5, 5.41) is 18.6. The Morgan fingerprint density at radius 2 is 1.93 bits per heavy atom. The van der Waals surface area contributed by atoms with Crippen LogP contribution in [0.4, 0.5) is 5.82 Å². The van der Waals surface area contributed by atoms with Crippen molar-refractivity contribution in [3.63, 3.8) is 0 Å². The van der Waals surface area contributed by atoms with Gasteiger partial charge in [0.15, 0.2) is 0 Å². The topological polar surface area (TPSA) is 132 Å². The molecule has 0 bridgehead atoms. The Morgan fingerprint density at radius 3 is 2.58 bits per heavy atom. The summed E-state index contributed by atoms with van der Waals surface area (Å²) in [6.45, 7) is 7.18. The van der Waals surface area contributed by atoms with Crippen molar-refractivity contribution in [1.29, 1.82) is 0 Å². The second-order valence-corrected chi connectivity index (χ2v) is 11.9. The number of nitrogens with zero attached hydrogens (tertiary/aromatic N) is 3. The van der Waals surface area contributed by atoms with Crippen molar-refractivity contribution >= 4 is 40.9 Å². The molecule has 4 rings (SSSR count). The molecule has 1 amide bonds. The molecule has 1 aromatic carbocycles. The average molecular weight is 589 g/mol. The van der Waals surface area contributed by atoms with E-state index in [0.29, 0.717) is 40.7 Å². The lowest BCUT2D eigenvalue weighted by atomic mass is 9.89. The van der Waals surface area contributed by atoms with Gasteiger partial charge in [0, 0.05) is 34.7 Å². The number of carboxylic acids is 1. The molecule has 0 saturated carbocycles. The first-order valence-electron chi connectivity index (χ1n) is 13.3. The Morgan fingerprint density at radius 1 is 1.20 bits per heavy atom. The van der Waals surface area contributed by atoms with Gasteiger partial charge < -0.3 is 20.9 Å². The van der Waals surface area contributed by atoms with Crippen molar-refractivity contribution < 1.29 is 19.4 Å². The number of aromatic nitrogens is 3. The highest BCUT2D eigenvalue weighted by atomic mass is 35.5. The minimum absolute atomic E-state index is 0.0753.